The summed E-state index contributed by atoms with van der Waals surface area (Å²) in [6, 6.07) is 4.96. The molecule has 0 spiro atoms. The smallest absolute Gasteiger partial charge is 0.345 e. The van der Waals surface area contributed by atoms with E-state index in [9.17, 15) is 18.0 Å². The highest BCUT2D eigenvalue weighted by molar-refractivity contribution is 5.83. The summed E-state index contributed by atoms with van der Waals surface area (Å²) in [6.07, 6.45) is 1.36. The van der Waals surface area contributed by atoms with Crippen LogP contribution in [-0.2, 0) is 11.0 Å². The third-order valence-electron chi connectivity index (χ3n) is 3.16. The molecule has 2 rings (SSSR count). The van der Waals surface area contributed by atoms with Gasteiger partial charge in [-0.3, -0.25) is 4.79 Å². The first-order valence-electron chi connectivity index (χ1n) is 5.82. The van der Waals surface area contributed by atoms with Crippen molar-refractivity contribution in [3.05, 3.63) is 35.4 Å². The van der Waals surface area contributed by atoms with Gasteiger partial charge in [-0.1, -0.05) is 18.1 Å². The second-order valence-electron chi connectivity index (χ2n) is 4.49. The van der Waals surface area contributed by atoms with Crippen molar-refractivity contribution in [3.8, 4) is 12.3 Å². The molecule has 1 aromatic carbocycles. The molecule has 1 aromatic rings. The lowest BCUT2D eigenvalue weighted by Crippen LogP contribution is -2.25. The van der Waals surface area contributed by atoms with E-state index in [0.29, 0.717) is 6.42 Å². The number of carbonyl (C=O) groups is 1. The fraction of sp³-hybridized carbons (Fsp3) is 0.357. The summed E-state index contributed by atoms with van der Waals surface area (Å²) in [7, 11) is 0. The molecule has 1 saturated carbocycles. The molecular weight excluding hydrogens is 255 g/mol. The van der Waals surface area contributed by atoms with Gasteiger partial charge in [-0.15, -0.1) is 6.42 Å². The van der Waals surface area contributed by atoms with Crippen LogP contribution < -0.4 is 5.32 Å². The van der Waals surface area contributed by atoms with Gasteiger partial charge in [0.25, 0.3) is 0 Å². The Balaban J connectivity index is 1.99. The van der Waals surface area contributed by atoms with Crippen molar-refractivity contribution < 1.29 is 18.0 Å². The highest BCUT2D eigenvalue weighted by Gasteiger charge is 2.44. The largest absolute Gasteiger partial charge is 0.416 e. The van der Waals surface area contributed by atoms with E-state index in [4.69, 9.17) is 6.42 Å². The SMILES string of the molecule is C#CCNC(=O)C1CC1c1ccc(C(F)(F)F)cc1. The lowest BCUT2D eigenvalue weighted by atomic mass is 10.1. The average molecular weight is 267 g/mol. The van der Waals surface area contributed by atoms with Crippen molar-refractivity contribution >= 4 is 5.91 Å². The van der Waals surface area contributed by atoms with Gasteiger partial charge in [-0.05, 0) is 30.0 Å². The maximum absolute atomic E-state index is 12.4. The molecule has 0 heterocycles. The second-order valence-corrected chi connectivity index (χ2v) is 4.49. The van der Waals surface area contributed by atoms with Crippen molar-refractivity contribution in [2.45, 2.75) is 18.5 Å². The van der Waals surface area contributed by atoms with Crippen LogP contribution in [0.15, 0.2) is 24.3 Å². The third kappa shape index (κ3) is 3.08. The quantitative estimate of drug-likeness (QED) is 0.838. The van der Waals surface area contributed by atoms with Crippen molar-refractivity contribution in [2.75, 3.05) is 6.54 Å². The van der Waals surface area contributed by atoms with Gasteiger partial charge in [-0.2, -0.15) is 13.2 Å². The molecule has 0 bridgehead atoms. The standard InChI is InChI=1S/C14H12F3NO/c1-2-7-18-13(19)12-8-11(12)9-3-5-10(6-4-9)14(15,16)17/h1,3-6,11-12H,7-8H2,(H,18,19). The topological polar surface area (TPSA) is 29.1 Å². The number of terminal acetylenes is 1. The van der Waals surface area contributed by atoms with Crippen LogP contribution in [-0.4, -0.2) is 12.5 Å². The molecule has 1 amide bonds. The van der Waals surface area contributed by atoms with Crippen molar-refractivity contribution in [1.29, 1.82) is 0 Å². The molecule has 0 saturated heterocycles. The van der Waals surface area contributed by atoms with Gasteiger partial charge >= 0.3 is 6.18 Å². The zero-order chi connectivity index (χ0) is 14.0. The van der Waals surface area contributed by atoms with Gasteiger partial charge in [0.2, 0.25) is 5.91 Å². The van der Waals surface area contributed by atoms with E-state index in [1.807, 2.05) is 0 Å². The molecule has 5 heteroatoms. The van der Waals surface area contributed by atoms with Gasteiger partial charge in [0.05, 0.1) is 12.1 Å². The minimum atomic E-state index is -4.33. The number of amides is 1. The first-order chi connectivity index (χ1) is 8.93. The average Bonchev–Trinajstić information content (AvgIpc) is 3.15. The van der Waals surface area contributed by atoms with Crippen molar-refractivity contribution in [2.24, 2.45) is 5.92 Å². The predicted molar refractivity (Wildman–Crippen MR) is 64.1 cm³/mol. The van der Waals surface area contributed by atoms with Crippen LogP contribution in [0.5, 0.6) is 0 Å². The Morgan fingerprint density at radius 3 is 2.53 bits per heavy atom. The highest BCUT2D eigenvalue weighted by Crippen LogP contribution is 2.47. The lowest BCUT2D eigenvalue weighted by Gasteiger charge is -2.07. The summed E-state index contributed by atoms with van der Waals surface area (Å²) >= 11 is 0. The Morgan fingerprint density at radius 2 is 2.00 bits per heavy atom. The van der Waals surface area contributed by atoms with E-state index >= 15 is 0 Å². The van der Waals surface area contributed by atoms with Gasteiger partial charge < -0.3 is 5.32 Å². The minimum absolute atomic E-state index is 0.0000539. The first kappa shape index (κ1) is 13.5. The molecule has 2 unspecified atom stereocenters. The van der Waals surface area contributed by atoms with Crippen LogP contribution in [0, 0.1) is 18.3 Å². The molecule has 2 atom stereocenters. The van der Waals surface area contributed by atoms with E-state index in [1.54, 1.807) is 0 Å². The van der Waals surface area contributed by atoms with E-state index in [-0.39, 0.29) is 24.3 Å². The normalized spacial score (nSPS) is 21.6. The summed E-state index contributed by atoms with van der Waals surface area (Å²) in [5.74, 6) is 1.99. The molecule has 1 aliphatic rings. The molecule has 0 aliphatic heterocycles. The molecular formula is C14H12F3NO. The molecule has 0 aromatic heterocycles. The number of hydrogen-bond donors (Lipinski definition) is 1. The van der Waals surface area contributed by atoms with E-state index in [1.165, 1.54) is 12.1 Å². The van der Waals surface area contributed by atoms with Gasteiger partial charge in [0.1, 0.15) is 0 Å². The van der Waals surface area contributed by atoms with Gasteiger partial charge in [0.15, 0.2) is 0 Å². The Hall–Kier alpha value is -1.96. The number of alkyl halides is 3. The number of hydrogen-bond acceptors (Lipinski definition) is 1. The van der Waals surface area contributed by atoms with Crippen LogP contribution in [0.1, 0.15) is 23.5 Å². The number of halogens is 3. The van der Waals surface area contributed by atoms with E-state index < -0.39 is 11.7 Å². The Kier molecular flexibility index (Phi) is 3.52. The third-order valence-corrected chi connectivity index (χ3v) is 3.16. The molecule has 2 nitrogen and oxygen atoms in total. The number of rotatable bonds is 3. The van der Waals surface area contributed by atoms with Gasteiger partial charge in [-0.25, -0.2) is 0 Å². The molecule has 1 fully saturated rings. The molecule has 1 N–H and O–H groups in total. The minimum Gasteiger partial charge on any atom is -0.345 e. The zero-order valence-electron chi connectivity index (χ0n) is 10.00. The van der Waals surface area contributed by atoms with Crippen molar-refractivity contribution in [3.63, 3.8) is 0 Å². The Labute approximate surface area is 109 Å². The molecule has 100 valence electrons. The molecule has 1 aliphatic carbocycles. The summed E-state index contributed by atoms with van der Waals surface area (Å²) < 4.78 is 37.2. The molecule has 0 radical (unpaired) electrons. The fourth-order valence-corrected chi connectivity index (χ4v) is 2.04. The predicted octanol–water partition coefficient (Wildman–Crippen LogP) is 2.56. The van der Waals surface area contributed by atoms with Crippen LogP contribution in [0.25, 0.3) is 0 Å². The lowest BCUT2D eigenvalue weighted by molar-refractivity contribution is -0.137. The maximum atomic E-state index is 12.4. The molecule has 19 heavy (non-hydrogen) atoms. The number of nitrogens with one attached hydrogen (secondary N) is 1. The van der Waals surface area contributed by atoms with Crippen LogP contribution in [0.2, 0.25) is 0 Å². The van der Waals surface area contributed by atoms with E-state index in [2.05, 4.69) is 11.2 Å². The number of benzene rings is 1. The van der Waals surface area contributed by atoms with Crippen molar-refractivity contribution in [1.82, 2.24) is 5.32 Å². The first-order valence-corrected chi connectivity index (χ1v) is 5.82. The summed E-state index contributed by atoms with van der Waals surface area (Å²) in [5.41, 5.74) is 0.0825. The Bertz CT molecular complexity index is 513. The second kappa shape index (κ2) is 4.96. The highest BCUT2D eigenvalue weighted by atomic mass is 19.4. The number of carbonyl (C=O) groups excluding carboxylic acids is 1. The van der Waals surface area contributed by atoms with E-state index in [0.717, 1.165) is 17.7 Å². The van der Waals surface area contributed by atoms with Gasteiger partial charge in [0, 0.05) is 5.92 Å². The zero-order valence-corrected chi connectivity index (χ0v) is 10.00. The van der Waals surface area contributed by atoms with Crippen LogP contribution >= 0.6 is 0 Å². The summed E-state index contributed by atoms with van der Waals surface area (Å²) in [5, 5.41) is 2.57. The summed E-state index contributed by atoms with van der Waals surface area (Å²) in [4.78, 5) is 11.6. The van der Waals surface area contributed by atoms with Crippen LogP contribution in [0.4, 0.5) is 13.2 Å². The fourth-order valence-electron chi connectivity index (χ4n) is 2.04. The monoisotopic (exact) mass is 267 g/mol. The Morgan fingerprint density at radius 1 is 1.37 bits per heavy atom. The summed E-state index contributed by atoms with van der Waals surface area (Å²) in [6.45, 7) is 0.176. The maximum Gasteiger partial charge on any atom is 0.416 e. The van der Waals surface area contributed by atoms with Crippen LogP contribution in [0.3, 0.4) is 0 Å².